The van der Waals surface area contributed by atoms with Crippen molar-refractivity contribution in [3.8, 4) is 17.2 Å². The molecule has 0 bridgehead atoms. The lowest BCUT2D eigenvalue weighted by molar-refractivity contribution is -0.710. The van der Waals surface area contributed by atoms with Gasteiger partial charge in [-0.1, -0.05) is 35.5 Å². The van der Waals surface area contributed by atoms with E-state index in [0.717, 1.165) is 22.4 Å². The van der Waals surface area contributed by atoms with Crippen molar-refractivity contribution >= 4 is 27.7 Å². The van der Waals surface area contributed by atoms with Gasteiger partial charge in [0.15, 0.2) is 12.5 Å². The monoisotopic (exact) mass is 457 g/mol. The molecule has 0 aliphatic carbocycles. The number of pyridine rings is 2. The summed E-state index contributed by atoms with van der Waals surface area (Å²) < 4.78 is 18.1. The van der Waals surface area contributed by atoms with Gasteiger partial charge in [0.2, 0.25) is 5.88 Å². The van der Waals surface area contributed by atoms with Crippen LogP contribution in [0.5, 0.6) is 5.88 Å². The van der Waals surface area contributed by atoms with E-state index in [2.05, 4.69) is 31.7 Å². The minimum absolute atomic E-state index is 0. The molecular formula is C22H23ClN4O3P+. The number of nitrogen functional groups attached to an aromatic ring is 1. The van der Waals surface area contributed by atoms with E-state index in [1.54, 1.807) is 10.8 Å². The standard InChI is InChI=1S/C22H21N4O3P.ClH/c23-22-19(4-3-11-26(22)15-28-30)20-13-18(25-29-20)12-16-6-8-17(9-7-16)14-27-21-5-1-2-10-24-21;/h1-11,13,23H,12,14-15,30H2;1H/p+1. The Bertz CT molecular complexity index is 1110. The molecule has 0 saturated heterocycles. The summed E-state index contributed by atoms with van der Waals surface area (Å²) in [7, 11) is 2.21. The average Bonchev–Trinajstić information content (AvgIpc) is 3.24. The second kappa shape index (κ2) is 10.9. The molecule has 1 unspecified atom stereocenters. The van der Waals surface area contributed by atoms with E-state index < -0.39 is 0 Å². The Balaban J connectivity index is 0.00000272. The molecule has 1 aromatic carbocycles. The third-order valence-corrected chi connectivity index (χ3v) is 4.73. The SMILES string of the molecule is Cl.Nc1c(-c2cc(Cc3ccc(COc4ccccn4)cc3)no2)ccc[n+]1COP. The van der Waals surface area contributed by atoms with E-state index in [1.807, 2.05) is 54.7 Å². The second-order valence-electron chi connectivity index (χ2n) is 6.71. The zero-order valence-corrected chi connectivity index (χ0v) is 18.7. The zero-order valence-electron chi connectivity index (χ0n) is 16.7. The molecule has 3 heterocycles. The van der Waals surface area contributed by atoms with Crippen molar-refractivity contribution < 1.29 is 18.4 Å². The van der Waals surface area contributed by atoms with Crippen molar-refractivity contribution in [3.05, 3.63) is 89.9 Å². The first-order valence-electron chi connectivity index (χ1n) is 9.40. The smallest absolute Gasteiger partial charge is 0.285 e. The molecule has 31 heavy (non-hydrogen) atoms. The van der Waals surface area contributed by atoms with Crippen LogP contribution in [0.2, 0.25) is 0 Å². The van der Waals surface area contributed by atoms with Gasteiger partial charge in [0.1, 0.15) is 12.2 Å². The number of halogens is 1. The van der Waals surface area contributed by atoms with Crippen molar-refractivity contribution in [2.75, 3.05) is 5.73 Å². The Morgan fingerprint density at radius 2 is 1.84 bits per heavy atom. The highest BCUT2D eigenvalue weighted by Gasteiger charge is 2.17. The molecule has 3 aromatic heterocycles. The molecule has 0 radical (unpaired) electrons. The van der Waals surface area contributed by atoms with Crippen molar-refractivity contribution in [2.24, 2.45) is 0 Å². The molecule has 0 amide bonds. The van der Waals surface area contributed by atoms with Crippen molar-refractivity contribution in [2.45, 2.75) is 19.8 Å². The van der Waals surface area contributed by atoms with E-state index in [1.165, 1.54) is 0 Å². The molecule has 0 saturated carbocycles. The third kappa shape index (κ3) is 5.79. The minimum Gasteiger partial charge on any atom is -0.473 e. The van der Waals surface area contributed by atoms with Gasteiger partial charge in [0, 0.05) is 34.2 Å². The summed E-state index contributed by atoms with van der Waals surface area (Å²) in [5.74, 6) is 1.79. The molecule has 7 nitrogen and oxygen atoms in total. The summed E-state index contributed by atoms with van der Waals surface area (Å²) in [6.45, 7) is 0.806. The first kappa shape index (κ1) is 22.7. The Hall–Kier alpha value is -2.99. The molecular weight excluding hydrogens is 435 g/mol. The number of anilines is 1. The van der Waals surface area contributed by atoms with Crippen molar-refractivity contribution in [3.63, 3.8) is 0 Å². The van der Waals surface area contributed by atoms with Gasteiger partial charge in [-0.05, 0) is 29.3 Å². The number of nitrogens with zero attached hydrogens (tertiary/aromatic N) is 3. The molecule has 0 spiro atoms. The molecule has 1 atom stereocenters. The normalized spacial score (nSPS) is 10.5. The minimum atomic E-state index is 0. The maximum atomic E-state index is 6.22. The summed E-state index contributed by atoms with van der Waals surface area (Å²) in [5.41, 5.74) is 10.0. The highest BCUT2D eigenvalue weighted by Crippen LogP contribution is 2.25. The molecule has 4 rings (SSSR count). The summed E-state index contributed by atoms with van der Waals surface area (Å²) in [6, 6.07) is 19.5. The predicted molar refractivity (Wildman–Crippen MR) is 122 cm³/mol. The summed E-state index contributed by atoms with van der Waals surface area (Å²) in [5, 5.41) is 4.19. The van der Waals surface area contributed by atoms with Gasteiger partial charge in [-0.2, -0.15) is 0 Å². The van der Waals surface area contributed by atoms with Crippen LogP contribution in [-0.2, 0) is 24.3 Å². The third-order valence-electron chi connectivity index (χ3n) is 4.59. The van der Waals surface area contributed by atoms with Crippen molar-refractivity contribution in [1.29, 1.82) is 0 Å². The van der Waals surface area contributed by atoms with Crippen LogP contribution in [0, 0.1) is 0 Å². The number of hydrogen-bond donors (Lipinski definition) is 1. The number of nitrogens with two attached hydrogens (primary N) is 1. The molecule has 0 aliphatic rings. The first-order valence-corrected chi connectivity index (χ1v) is 9.87. The van der Waals surface area contributed by atoms with Crippen LogP contribution in [-0.4, -0.2) is 10.1 Å². The quantitative estimate of drug-likeness (QED) is 0.318. The highest BCUT2D eigenvalue weighted by molar-refractivity contribution is 7.09. The van der Waals surface area contributed by atoms with Gasteiger partial charge in [0.05, 0.1) is 11.9 Å². The van der Waals surface area contributed by atoms with E-state index in [9.17, 15) is 0 Å². The van der Waals surface area contributed by atoms with Gasteiger partial charge in [-0.15, -0.1) is 12.4 Å². The van der Waals surface area contributed by atoms with Crippen LogP contribution >= 0.6 is 21.9 Å². The molecule has 0 fully saturated rings. The van der Waals surface area contributed by atoms with Gasteiger partial charge in [-0.3, -0.25) is 5.73 Å². The number of benzene rings is 1. The fourth-order valence-corrected chi connectivity index (χ4v) is 3.20. The van der Waals surface area contributed by atoms with Gasteiger partial charge in [0.25, 0.3) is 5.82 Å². The van der Waals surface area contributed by atoms with Crippen LogP contribution in [0.4, 0.5) is 5.82 Å². The Morgan fingerprint density at radius 1 is 1.03 bits per heavy atom. The lowest BCUT2D eigenvalue weighted by atomic mass is 10.1. The maximum absolute atomic E-state index is 6.22. The zero-order chi connectivity index (χ0) is 20.8. The van der Waals surface area contributed by atoms with Gasteiger partial charge in [-0.25, -0.2) is 9.55 Å². The van der Waals surface area contributed by atoms with E-state index in [0.29, 0.717) is 37.2 Å². The topological polar surface area (TPSA) is 87.3 Å². The number of hydrogen-bond acceptors (Lipinski definition) is 6. The number of ether oxygens (including phenoxy) is 1. The molecule has 0 aliphatic heterocycles. The molecule has 4 aromatic rings. The van der Waals surface area contributed by atoms with Gasteiger partial charge < -0.3 is 13.8 Å². The van der Waals surface area contributed by atoms with Gasteiger partial charge >= 0.3 is 0 Å². The number of rotatable bonds is 8. The largest absolute Gasteiger partial charge is 0.473 e. The van der Waals surface area contributed by atoms with E-state index >= 15 is 0 Å². The lowest BCUT2D eigenvalue weighted by Crippen LogP contribution is -2.37. The van der Waals surface area contributed by atoms with Crippen molar-refractivity contribution in [1.82, 2.24) is 10.1 Å². The van der Waals surface area contributed by atoms with E-state index in [-0.39, 0.29) is 12.4 Å². The molecule has 160 valence electrons. The second-order valence-corrected chi connectivity index (χ2v) is 7.04. The molecule has 9 heteroatoms. The predicted octanol–water partition coefficient (Wildman–Crippen LogP) is 3.96. The van der Waals surface area contributed by atoms with E-state index in [4.69, 9.17) is 19.5 Å². The average molecular weight is 458 g/mol. The molecule has 2 N–H and O–H groups in total. The van der Waals surface area contributed by atoms with Crippen LogP contribution in [0.1, 0.15) is 16.8 Å². The summed E-state index contributed by atoms with van der Waals surface area (Å²) >= 11 is 0. The Morgan fingerprint density at radius 3 is 2.58 bits per heavy atom. The lowest BCUT2D eigenvalue weighted by Gasteiger charge is -2.05. The van der Waals surface area contributed by atoms with Crippen LogP contribution in [0.25, 0.3) is 11.3 Å². The Labute approximate surface area is 188 Å². The summed E-state index contributed by atoms with van der Waals surface area (Å²) in [4.78, 5) is 4.16. The van der Waals surface area contributed by atoms with Crippen LogP contribution < -0.4 is 15.0 Å². The fraction of sp³-hybridized carbons (Fsp3) is 0.136. The first-order chi connectivity index (χ1) is 14.7. The summed E-state index contributed by atoms with van der Waals surface area (Å²) in [6.07, 6.45) is 4.22. The Kier molecular flexibility index (Phi) is 7.95. The fourth-order valence-electron chi connectivity index (χ4n) is 3.04. The highest BCUT2D eigenvalue weighted by atomic mass is 35.5. The maximum Gasteiger partial charge on any atom is 0.285 e. The number of aromatic nitrogens is 3. The van der Waals surface area contributed by atoms with Crippen LogP contribution in [0.3, 0.4) is 0 Å². The van der Waals surface area contributed by atoms with Crippen LogP contribution in [0.15, 0.2) is 77.6 Å².